The van der Waals surface area contributed by atoms with Crippen molar-refractivity contribution in [3.8, 4) is 11.1 Å². The molecule has 1 heterocycles. The van der Waals surface area contributed by atoms with E-state index in [4.69, 9.17) is 17.3 Å². The molecule has 1 aliphatic rings. The summed E-state index contributed by atoms with van der Waals surface area (Å²) in [6.07, 6.45) is 0. The van der Waals surface area contributed by atoms with Gasteiger partial charge in [-0.05, 0) is 59.5 Å². The molecule has 0 saturated carbocycles. The minimum absolute atomic E-state index is 0.0253. The highest BCUT2D eigenvalue weighted by Gasteiger charge is 2.25. The molecule has 0 spiro atoms. The van der Waals surface area contributed by atoms with E-state index in [1.165, 1.54) is 0 Å². The summed E-state index contributed by atoms with van der Waals surface area (Å²) in [7, 11) is 0. The van der Waals surface area contributed by atoms with Crippen LogP contribution >= 0.6 is 11.6 Å². The fourth-order valence-electron chi connectivity index (χ4n) is 3.85. The Bertz CT molecular complexity index is 1160. The van der Waals surface area contributed by atoms with Gasteiger partial charge in [-0.3, -0.25) is 4.79 Å². The Balaban J connectivity index is 1.34. The Morgan fingerprint density at radius 2 is 1.61 bits per heavy atom. The van der Waals surface area contributed by atoms with Crippen molar-refractivity contribution in [1.82, 2.24) is 9.80 Å². The van der Waals surface area contributed by atoms with Crippen LogP contribution in [-0.2, 0) is 6.54 Å². The topological polar surface area (TPSA) is 78.7 Å². The molecule has 3 aromatic rings. The summed E-state index contributed by atoms with van der Waals surface area (Å²) in [4.78, 5) is 29.1. The number of nitrogens with one attached hydrogen (secondary N) is 1. The minimum Gasteiger partial charge on any atom is -0.335 e. The highest BCUT2D eigenvalue weighted by molar-refractivity contribution is 6.31. The van der Waals surface area contributed by atoms with Crippen molar-refractivity contribution in [2.75, 3.05) is 31.5 Å². The van der Waals surface area contributed by atoms with E-state index in [0.717, 1.165) is 22.3 Å². The number of anilines is 1. The average molecular weight is 463 g/mol. The van der Waals surface area contributed by atoms with E-state index in [1.807, 2.05) is 61.5 Å². The first-order valence-corrected chi connectivity index (χ1v) is 11.3. The summed E-state index contributed by atoms with van der Waals surface area (Å²) >= 11 is 6.14. The van der Waals surface area contributed by atoms with Crippen LogP contribution in [-0.4, -0.2) is 47.9 Å². The summed E-state index contributed by atoms with van der Waals surface area (Å²) in [6.45, 7) is 4.33. The van der Waals surface area contributed by atoms with Crippen LogP contribution in [0.2, 0.25) is 5.02 Å². The lowest BCUT2D eigenvalue weighted by Gasteiger charge is -2.34. The Hall–Kier alpha value is -3.35. The monoisotopic (exact) mass is 462 g/mol. The number of rotatable bonds is 4. The zero-order valence-electron chi connectivity index (χ0n) is 18.6. The predicted molar refractivity (Wildman–Crippen MR) is 132 cm³/mol. The van der Waals surface area contributed by atoms with Gasteiger partial charge in [-0.15, -0.1) is 0 Å². The van der Waals surface area contributed by atoms with E-state index in [-0.39, 0.29) is 11.9 Å². The van der Waals surface area contributed by atoms with E-state index in [0.29, 0.717) is 49.0 Å². The molecule has 0 atom stereocenters. The molecule has 3 aromatic carbocycles. The number of piperazine rings is 1. The molecule has 7 heteroatoms. The van der Waals surface area contributed by atoms with Crippen molar-refractivity contribution >= 4 is 29.2 Å². The normalized spacial score (nSPS) is 13.7. The minimum atomic E-state index is -0.189. The Kier molecular flexibility index (Phi) is 6.96. The quantitative estimate of drug-likeness (QED) is 0.586. The molecule has 4 rings (SSSR count). The lowest BCUT2D eigenvalue weighted by molar-refractivity contribution is 0.0671. The molecule has 0 radical (unpaired) electrons. The van der Waals surface area contributed by atoms with Crippen molar-refractivity contribution in [1.29, 1.82) is 0 Å². The molecule has 0 aliphatic carbocycles. The number of carbonyl (C=O) groups is 2. The number of amides is 3. The van der Waals surface area contributed by atoms with Gasteiger partial charge in [-0.2, -0.15) is 0 Å². The largest absolute Gasteiger partial charge is 0.335 e. The Morgan fingerprint density at radius 3 is 2.27 bits per heavy atom. The second-order valence-corrected chi connectivity index (χ2v) is 8.56. The maximum Gasteiger partial charge on any atom is 0.321 e. The molecule has 1 fully saturated rings. The van der Waals surface area contributed by atoms with Gasteiger partial charge in [-0.25, -0.2) is 4.79 Å². The van der Waals surface area contributed by atoms with Gasteiger partial charge in [0.1, 0.15) is 0 Å². The van der Waals surface area contributed by atoms with Crippen LogP contribution in [0.5, 0.6) is 0 Å². The zero-order chi connectivity index (χ0) is 23.4. The number of carbonyl (C=O) groups excluding carboxylic acids is 2. The van der Waals surface area contributed by atoms with Crippen LogP contribution in [0, 0.1) is 6.92 Å². The smallest absolute Gasteiger partial charge is 0.321 e. The summed E-state index contributed by atoms with van der Waals surface area (Å²) in [5.41, 5.74) is 11.2. The van der Waals surface area contributed by atoms with E-state index < -0.39 is 0 Å². The third-order valence-corrected chi connectivity index (χ3v) is 6.31. The summed E-state index contributed by atoms with van der Waals surface area (Å²) in [6, 6.07) is 21.0. The Morgan fingerprint density at radius 1 is 0.909 bits per heavy atom. The Labute approximate surface area is 198 Å². The van der Waals surface area contributed by atoms with Gasteiger partial charge in [-0.1, -0.05) is 48.0 Å². The maximum atomic E-state index is 13.0. The average Bonchev–Trinajstić information content (AvgIpc) is 2.86. The maximum absolute atomic E-state index is 13.0. The molecular weight excluding hydrogens is 436 g/mol. The van der Waals surface area contributed by atoms with Gasteiger partial charge in [0.15, 0.2) is 0 Å². The molecule has 0 bridgehead atoms. The standard InChI is InChI=1S/C26H27ClN4O2/c1-18-5-10-23(16-24(18)27)29-26(33)31-13-11-30(12-14-31)25(32)21-8-6-20(7-9-21)22-4-2-3-19(15-22)17-28/h2-10,15-16H,11-14,17,28H2,1H3,(H,29,33). The van der Waals surface area contributed by atoms with E-state index in [1.54, 1.807) is 15.9 Å². The van der Waals surface area contributed by atoms with Gasteiger partial charge in [0.05, 0.1) is 0 Å². The summed E-state index contributed by atoms with van der Waals surface area (Å²) in [5.74, 6) is -0.0253. The van der Waals surface area contributed by atoms with Crippen LogP contribution in [0.3, 0.4) is 0 Å². The molecular formula is C26H27ClN4O2. The van der Waals surface area contributed by atoms with Gasteiger partial charge >= 0.3 is 6.03 Å². The third kappa shape index (κ3) is 5.35. The van der Waals surface area contributed by atoms with Crippen molar-refractivity contribution in [3.05, 3.63) is 88.4 Å². The molecule has 33 heavy (non-hydrogen) atoms. The number of hydrogen-bond acceptors (Lipinski definition) is 3. The zero-order valence-corrected chi connectivity index (χ0v) is 19.3. The van der Waals surface area contributed by atoms with Gasteiger partial charge in [0.25, 0.3) is 5.91 Å². The second-order valence-electron chi connectivity index (χ2n) is 8.16. The number of halogens is 1. The molecule has 3 amide bonds. The predicted octanol–water partition coefficient (Wildman–Crippen LogP) is 4.76. The first kappa shape index (κ1) is 22.8. The second kappa shape index (κ2) is 10.1. The number of aryl methyl sites for hydroxylation is 1. The van der Waals surface area contributed by atoms with E-state index in [9.17, 15) is 9.59 Å². The number of benzene rings is 3. The lowest BCUT2D eigenvalue weighted by Crippen LogP contribution is -2.51. The molecule has 0 unspecified atom stereocenters. The van der Waals surface area contributed by atoms with Crippen molar-refractivity contribution in [2.45, 2.75) is 13.5 Å². The SMILES string of the molecule is Cc1ccc(NC(=O)N2CCN(C(=O)c3ccc(-c4cccc(CN)c4)cc3)CC2)cc1Cl. The molecule has 6 nitrogen and oxygen atoms in total. The summed E-state index contributed by atoms with van der Waals surface area (Å²) in [5, 5.41) is 3.49. The number of nitrogens with zero attached hydrogens (tertiary/aromatic N) is 2. The van der Waals surface area contributed by atoms with E-state index >= 15 is 0 Å². The number of nitrogens with two attached hydrogens (primary N) is 1. The highest BCUT2D eigenvalue weighted by atomic mass is 35.5. The highest BCUT2D eigenvalue weighted by Crippen LogP contribution is 2.22. The molecule has 170 valence electrons. The van der Waals surface area contributed by atoms with Crippen LogP contribution in [0.4, 0.5) is 10.5 Å². The molecule has 1 aliphatic heterocycles. The first-order valence-electron chi connectivity index (χ1n) is 11.0. The van der Waals surface area contributed by atoms with Gasteiger partial charge in [0, 0.05) is 49.0 Å². The lowest BCUT2D eigenvalue weighted by atomic mass is 10.0. The van der Waals surface area contributed by atoms with Crippen molar-refractivity contribution < 1.29 is 9.59 Å². The van der Waals surface area contributed by atoms with Crippen molar-refractivity contribution in [3.63, 3.8) is 0 Å². The third-order valence-electron chi connectivity index (χ3n) is 5.91. The van der Waals surface area contributed by atoms with Crippen LogP contribution in [0.25, 0.3) is 11.1 Å². The first-order chi connectivity index (χ1) is 15.9. The van der Waals surface area contributed by atoms with Gasteiger partial charge < -0.3 is 20.9 Å². The van der Waals surface area contributed by atoms with Crippen LogP contribution in [0.15, 0.2) is 66.7 Å². The van der Waals surface area contributed by atoms with Gasteiger partial charge in [0.2, 0.25) is 0 Å². The number of hydrogen-bond donors (Lipinski definition) is 2. The molecule has 0 aromatic heterocycles. The number of urea groups is 1. The fourth-order valence-corrected chi connectivity index (χ4v) is 4.03. The van der Waals surface area contributed by atoms with Crippen LogP contribution < -0.4 is 11.1 Å². The van der Waals surface area contributed by atoms with Crippen LogP contribution in [0.1, 0.15) is 21.5 Å². The van der Waals surface area contributed by atoms with E-state index in [2.05, 4.69) is 11.4 Å². The summed E-state index contributed by atoms with van der Waals surface area (Å²) < 4.78 is 0. The van der Waals surface area contributed by atoms with Crippen molar-refractivity contribution in [2.24, 2.45) is 5.73 Å². The molecule has 1 saturated heterocycles. The fraction of sp³-hybridized carbons (Fsp3) is 0.231. The molecule has 3 N–H and O–H groups in total.